The van der Waals surface area contributed by atoms with E-state index < -0.39 is 0 Å². The lowest BCUT2D eigenvalue weighted by atomic mass is 10.2. The molecule has 0 saturated carbocycles. The van der Waals surface area contributed by atoms with Crippen LogP contribution in [0.2, 0.25) is 0 Å². The number of nitrogens with zero attached hydrogens (tertiary/aromatic N) is 2. The summed E-state index contributed by atoms with van der Waals surface area (Å²) in [5, 5.41) is 7.59. The van der Waals surface area contributed by atoms with Crippen molar-refractivity contribution in [1.29, 1.82) is 0 Å². The highest BCUT2D eigenvalue weighted by Gasteiger charge is 1.93. The van der Waals surface area contributed by atoms with Crippen molar-refractivity contribution in [2.45, 2.75) is 33.2 Å². The minimum absolute atomic E-state index is 0.751. The van der Waals surface area contributed by atoms with Gasteiger partial charge >= 0.3 is 0 Å². The Labute approximate surface area is 86.5 Å². The second-order valence-electron chi connectivity index (χ2n) is 4.07. The monoisotopic (exact) mass is 195 g/mol. The second kappa shape index (κ2) is 6.60. The first kappa shape index (κ1) is 11.2. The number of nitrogens with one attached hydrogen (secondary N) is 1. The molecule has 1 heterocycles. The maximum absolute atomic E-state index is 4.16. The molecule has 0 fully saturated rings. The van der Waals surface area contributed by atoms with Crippen LogP contribution in [0.15, 0.2) is 18.5 Å². The zero-order chi connectivity index (χ0) is 10.2. The van der Waals surface area contributed by atoms with Gasteiger partial charge in [-0.05, 0) is 37.9 Å². The summed E-state index contributed by atoms with van der Waals surface area (Å²) in [5.41, 5.74) is 0. The van der Waals surface area contributed by atoms with Gasteiger partial charge in [0, 0.05) is 18.9 Å². The molecule has 0 radical (unpaired) electrons. The summed E-state index contributed by atoms with van der Waals surface area (Å²) in [5.74, 6) is 0.751. The third-order valence-electron chi connectivity index (χ3n) is 2.10. The molecule has 1 N–H and O–H groups in total. The summed E-state index contributed by atoms with van der Waals surface area (Å²) in [7, 11) is 0. The first-order valence-corrected chi connectivity index (χ1v) is 5.47. The smallest absolute Gasteiger partial charge is 0.0489 e. The lowest BCUT2D eigenvalue weighted by Crippen LogP contribution is -2.20. The van der Waals surface area contributed by atoms with Crippen molar-refractivity contribution in [1.82, 2.24) is 15.1 Å². The van der Waals surface area contributed by atoms with Crippen LogP contribution in [0.25, 0.3) is 0 Å². The fourth-order valence-electron chi connectivity index (χ4n) is 1.35. The lowest BCUT2D eigenvalue weighted by Gasteiger charge is -2.06. The molecule has 0 aliphatic rings. The van der Waals surface area contributed by atoms with Gasteiger partial charge in [0.2, 0.25) is 0 Å². The molecule has 1 aromatic rings. The highest BCUT2D eigenvalue weighted by atomic mass is 15.3. The van der Waals surface area contributed by atoms with E-state index in [1.165, 1.54) is 12.8 Å². The molecular weight excluding hydrogens is 174 g/mol. The first-order valence-electron chi connectivity index (χ1n) is 5.47. The summed E-state index contributed by atoms with van der Waals surface area (Å²) in [6.45, 7) is 7.76. The molecule has 0 spiro atoms. The van der Waals surface area contributed by atoms with Gasteiger partial charge in [-0.3, -0.25) is 4.68 Å². The maximum atomic E-state index is 4.16. The van der Waals surface area contributed by atoms with E-state index in [1.807, 2.05) is 23.1 Å². The zero-order valence-corrected chi connectivity index (χ0v) is 9.24. The van der Waals surface area contributed by atoms with E-state index in [1.54, 1.807) is 0 Å². The van der Waals surface area contributed by atoms with Crippen molar-refractivity contribution < 1.29 is 0 Å². The molecule has 0 aliphatic heterocycles. The molecule has 1 rings (SSSR count). The zero-order valence-electron chi connectivity index (χ0n) is 9.24. The van der Waals surface area contributed by atoms with Gasteiger partial charge in [-0.15, -0.1) is 0 Å². The minimum Gasteiger partial charge on any atom is -0.316 e. The Morgan fingerprint density at radius 2 is 2.21 bits per heavy atom. The average molecular weight is 195 g/mol. The summed E-state index contributed by atoms with van der Waals surface area (Å²) in [6.07, 6.45) is 6.28. The molecule has 1 aromatic heterocycles. The normalized spacial score (nSPS) is 11.1. The average Bonchev–Trinajstić information content (AvgIpc) is 2.63. The molecule has 0 amide bonds. The lowest BCUT2D eigenvalue weighted by molar-refractivity contribution is 0.506. The van der Waals surface area contributed by atoms with Crippen molar-refractivity contribution >= 4 is 0 Å². The SMILES string of the molecule is CC(C)CNCCCCn1cccn1. The summed E-state index contributed by atoms with van der Waals surface area (Å²) < 4.78 is 1.99. The van der Waals surface area contributed by atoms with Crippen LogP contribution < -0.4 is 5.32 Å². The van der Waals surface area contributed by atoms with Crippen molar-refractivity contribution in [2.75, 3.05) is 13.1 Å². The third kappa shape index (κ3) is 5.02. The fourth-order valence-corrected chi connectivity index (χ4v) is 1.35. The molecular formula is C11H21N3. The highest BCUT2D eigenvalue weighted by molar-refractivity contribution is 4.77. The molecule has 0 aliphatic carbocycles. The number of unbranched alkanes of at least 4 members (excludes halogenated alkanes) is 1. The van der Waals surface area contributed by atoms with Crippen LogP contribution in [0, 0.1) is 5.92 Å². The minimum atomic E-state index is 0.751. The molecule has 0 aromatic carbocycles. The van der Waals surface area contributed by atoms with Gasteiger partial charge in [0.05, 0.1) is 0 Å². The number of hydrogen-bond donors (Lipinski definition) is 1. The third-order valence-corrected chi connectivity index (χ3v) is 2.10. The second-order valence-corrected chi connectivity index (χ2v) is 4.07. The van der Waals surface area contributed by atoms with E-state index >= 15 is 0 Å². The van der Waals surface area contributed by atoms with Gasteiger partial charge < -0.3 is 5.32 Å². The van der Waals surface area contributed by atoms with Gasteiger partial charge in [-0.2, -0.15) is 5.10 Å². The number of rotatable bonds is 7. The van der Waals surface area contributed by atoms with Crippen molar-refractivity contribution in [2.24, 2.45) is 5.92 Å². The van der Waals surface area contributed by atoms with E-state index in [2.05, 4.69) is 24.3 Å². The molecule has 0 atom stereocenters. The van der Waals surface area contributed by atoms with Crippen molar-refractivity contribution in [3.8, 4) is 0 Å². The Balaban J connectivity index is 1.90. The van der Waals surface area contributed by atoms with E-state index in [0.717, 1.165) is 25.6 Å². The van der Waals surface area contributed by atoms with Gasteiger partial charge in [0.15, 0.2) is 0 Å². The van der Waals surface area contributed by atoms with Crippen LogP contribution in [0.1, 0.15) is 26.7 Å². The number of aromatic nitrogens is 2. The predicted octanol–water partition coefficient (Wildman–Crippen LogP) is 1.91. The van der Waals surface area contributed by atoms with Gasteiger partial charge in [0.1, 0.15) is 0 Å². The Morgan fingerprint density at radius 1 is 1.36 bits per heavy atom. The Hall–Kier alpha value is -0.830. The van der Waals surface area contributed by atoms with Crippen LogP contribution >= 0.6 is 0 Å². The number of hydrogen-bond acceptors (Lipinski definition) is 2. The van der Waals surface area contributed by atoms with Crippen LogP contribution in [0.4, 0.5) is 0 Å². The topological polar surface area (TPSA) is 29.9 Å². The largest absolute Gasteiger partial charge is 0.316 e. The summed E-state index contributed by atoms with van der Waals surface area (Å²) in [4.78, 5) is 0. The first-order chi connectivity index (χ1) is 6.79. The Kier molecular flexibility index (Phi) is 5.30. The fraction of sp³-hybridized carbons (Fsp3) is 0.727. The standard InChI is InChI=1S/C11H21N3/c1-11(2)10-12-6-3-4-8-14-9-5-7-13-14/h5,7,9,11-12H,3-4,6,8,10H2,1-2H3. The van der Waals surface area contributed by atoms with E-state index in [9.17, 15) is 0 Å². The molecule has 3 heteroatoms. The van der Waals surface area contributed by atoms with E-state index in [0.29, 0.717) is 0 Å². The predicted molar refractivity (Wildman–Crippen MR) is 59.2 cm³/mol. The molecule has 0 unspecified atom stereocenters. The van der Waals surface area contributed by atoms with Crippen molar-refractivity contribution in [3.05, 3.63) is 18.5 Å². The molecule has 14 heavy (non-hydrogen) atoms. The maximum Gasteiger partial charge on any atom is 0.0489 e. The van der Waals surface area contributed by atoms with Gasteiger partial charge in [-0.1, -0.05) is 13.8 Å². The number of aryl methyl sites for hydroxylation is 1. The van der Waals surface area contributed by atoms with Crippen molar-refractivity contribution in [3.63, 3.8) is 0 Å². The van der Waals surface area contributed by atoms with Gasteiger partial charge in [0.25, 0.3) is 0 Å². The van der Waals surface area contributed by atoms with E-state index in [4.69, 9.17) is 0 Å². The Morgan fingerprint density at radius 3 is 2.86 bits per heavy atom. The summed E-state index contributed by atoms with van der Waals surface area (Å²) >= 11 is 0. The van der Waals surface area contributed by atoms with Crippen LogP contribution in [-0.2, 0) is 6.54 Å². The molecule has 80 valence electrons. The molecule has 0 saturated heterocycles. The highest BCUT2D eigenvalue weighted by Crippen LogP contribution is 1.94. The van der Waals surface area contributed by atoms with E-state index in [-0.39, 0.29) is 0 Å². The van der Waals surface area contributed by atoms with Crippen LogP contribution in [0.5, 0.6) is 0 Å². The van der Waals surface area contributed by atoms with Crippen LogP contribution in [-0.4, -0.2) is 22.9 Å². The molecule has 0 bridgehead atoms. The Bertz CT molecular complexity index is 216. The van der Waals surface area contributed by atoms with Gasteiger partial charge in [-0.25, -0.2) is 0 Å². The summed E-state index contributed by atoms with van der Waals surface area (Å²) in [6, 6.07) is 1.97. The quantitative estimate of drug-likeness (QED) is 0.674. The molecule has 3 nitrogen and oxygen atoms in total. The van der Waals surface area contributed by atoms with Crippen LogP contribution in [0.3, 0.4) is 0 Å².